The molecule has 1 unspecified atom stereocenters. The van der Waals surface area contributed by atoms with E-state index in [1.807, 2.05) is 45.0 Å². The van der Waals surface area contributed by atoms with Crippen LogP contribution in [0.3, 0.4) is 0 Å². The van der Waals surface area contributed by atoms with E-state index in [0.29, 0.717) is 17.9 Å². The van der Waals surface area contributed by atoms with E-state index >= 15 is 0 Å². The van der Waals surface area contributed by atoms with E-state index in [4.69, 9.17) is 4.74 Å². The topological polar surface area (TPSA) is 66.8 Å². The second-order valence-electron chi connectivity index (χ2n) is 7.06. The highest BCUT2D eigenvalue weighted by molar-refractivity contribution is 6.46. The third-order valence-electron chi connectivity index (χ3n) is 5.01. The molecule has 0 saturated carbocycles. The summed E-state index contributed by atoms with van der Waals surface area (Å²) < 4.78 is 5.55. The molecule has 1 aliphatic rings. The zero-order chi connectivity index (χ0) is 21.1. The van der Waals surface area contributed by atoms with E-state index in [2.05, 4.69) is 6.58 Å². The first-order valence-corrected chi connectivity index (χ1v) is 9.58. The van der Waals surface area contributed by atoms with Crippen LogP contribution in [0.25, 0.3) is 5.76 Å². The molecule has 3 rings (SSSR count). The van der Waals surface area contributed by atoms with Gasteiger partial charge in [0.2, 0.25) is 0 Å². The van der Waals surface area contributed by atoms with Crippen LogP contribution in [0.1, 0.15) is 35.2 Å². The fraction of sp³-hybridized carbons (Fsp3) is 0.250. The summed E-state index contributed by atoms with van der Waals surface area (Å²) in [5.74, 6) is -0.806. The standard InChI is InChI=1S/C24H25NO4/c1-5-13-25-21(17-9-7-15(3)8-10-17)20(23(27)24(25)28)22(26)18-11-12-19(29-6-2)16(4)14-18/h5,7-12,14,21,26H,1,6,13H2,2-4H3/b22-20+. The van der Waals surface area contributed by atoms with Gasteiger partial charge in [0.15, 0.2) is 0 Å². The quantitative estimate of drug-likeness (QED) is 0.345. The van der Waals surface area contributed by atoms with Crippen molar-refractivity contribution < 1.29 is 19.4 Å². The molecule has 1 aliphatic heterocycles. The Hall–Kier alpha value is -3.34. The molecule has 0 radical (unpaired) electrons. The van der Waals surface area contributed by atoms with E-state index in [-0.39, 0.29) is 17.9 Å². The molecule has 1 heterocycles. The van der Waals surface area contributed by atoms with Crippen molar-refractivity contribution in [1.29, 1.82) is 0 Å². The first kappa shape index (κ1) is 20.4. The lowest BCUT2D eigenvalue weighted by molar-refractivity contribution is -0.139. The van der Waals surface area contributed by atoms with Crippen molar-refractivity contribution in [1.82, 2.24) is 4.90 Å². The molecule has 1 saturated heterocycles. The Morgan fingerprint density at radius 3 is 2.45 bits per heavy atom. The smallest absolute Gasteiger partial charge is 0.295 e. The van der Waals surface area contributed by atoms with Crippen LogP contribution in [0.4, 0.5) is 0 Å². The maximum absolute atomic E-state index is 12.8. The van der Waals surface area contributed by atoms with Gasteiger partial charge in [-0.2, -0.15) is 0 Å². The summed E-state index contributed by atoms with van der Waals surface area (Å²) in [7, 11) is 0. The number of carbonyl (C=O) groups is 2. The Morgan fingerprint density at radius 2 is 1.86 bits per heavy atom. The lowest BCUT2D eigenvalue weighted by Gasteiger charge is -2.24. The lowest BCUT2D eigenvalue weighted by atomic mass is 9.94. The zero-order valence-electron chi connectivity index (χ0n) is 16.9. The molecular weight excluding hydrogens is 366 g/mol. The molecule has 1 fully saturated rings. The van der Waals surface area contributed by atoms with E-state index in [1.165, 1.54) is 4.90 Å². The molecule has 2 aromatic rings. The van der Waals surface area contributed by atoms with Crippen molar-refractivity contribution in [3.05, 3.63) is 82.9 Å². The highest BCUT2D eigenvalue weighted by atomic mass is 16.5. The Balaban J connectivity index is 2.15. The fourth-order valence-corrected chi connectivity index (χ4v) is 3.57. The SMILES string of the molecule is C=CCN1C(=O)C(=O)/C(=C(/O)c2ccc(OCC)c(C)c2)C1c1ccc(C)cc1. The van der Waals surface area contributed by atoms with E-state index in [1.54, 1.807) is 24.3 Å². The van der Waals surface area contributed by atoms with Crippen LogP contribution in [-0.4, -0.2) is 34.8 Å². The molecule has 5 nitrogen and oxygen atoms in total. The highest BCUT2D eigenvalue weighted by Crippen LogP contribution is 2.39. The monoisotopic (exact) mass is 391 g/mol. The van der Waals surface area contributed by atoms with Gasteiger partial charge < -0.3 is 14.7 Å². The minimum Gasteiger partial charge on any atom is -0.507 e. The average molecular weight is 391 g/mol. The largest absolute Gasteiger partial charge is 0.507 e. The number of hydrogen-bond donors (Lipinski definition) is 1. The van der Waals surface area contributed by atoms with Gasteiger partial charge in [0.05, 0.1) is 18.2 Å². The number of aliphatic hydroxyl groups is 1. The number of ketones is 1. The summed E-state index contributed by atoms with van der Waals surface area (Å²) in [4.78, 5) is 26.9. The molecule has 2 aromatic carbocycles. The van der Waals surface area contributed by atoms with Crippen LogP contribution in [0.5, 0.6) is 5.75 Å². The molecule has 5 heteroatoms. The average Bonchev–Trinajstić information content (AvgIpc) is 2.95. The maximum atomic E-state index is 12.8. The van der Waals surface area contributed by atoms with Crippen LogP contribution in [0.15, 0.2) is 60.7 Å². The van der Waals surface area contributed by atoms with Crippen molar-refractivity contribution in [2.24, 2.45) is 0 Å². The highest BCUT2D eigenvalue weighted by Gasteiger charge is 2.45. The summed E-state index contributed by atoms with van der Waals surface area (Å²) in [5.41, 5.74) is 3.23. The van der Waals surface area contributed by atoms with Crippen molar-refractivity contribution in [3.8, 4) is 5.75 Å². The number of aryl methyl sites for hydroxylation is 2. The predicted octanol–water partition coefficient (Wildman–Crippen LogP) is 4.31. The number of nitrogens with zero attached hydrogens (tertiary/aromatic N) is 1. The van der Waals surface area contributed by atoms with Gasteiger partial charge in [-0.3, -0.25) is 9.59 Å². The molecule has 1 N–H and O–H groups in total. The Bertz CT molecular complexity index is 988. The van der Waals surface area contributed by atoms with Crippen LogP contribution in [0, 0.1) is 13.8 Å². The third kappa shape index (κ3) is 3.81. The maximum Gasteiger partial charge on any atom is 0.295 e. The minimum absolute atomic E-state index is 0.0873. The van der Waals surface area contributed by atoms with Gasteiger partial charge in [-0.15, -0.1) is 6.58 Å². The van der Waals surface area contributed by atoms with Gasteiger partial charge in [-0.25, -0.2) is 0 Å². The number of rotatable bonds is 6. The first-order valence-electron chi connectivity index (χ1n) is 9.58. The number of likely N-dealkylation sites (tertiary alicyclic amines) is 1. The number of benzene rings is 2. The van der Waals surface area contributed by atoms with Crippen molar-refractivity contribution in [2.75, 3.05) is 13.2 Å². The summed E-state index contributed by atoms with van der Waals surface area (Å²) in [5, 5.41) is 11.0. The number of amides is 1. The predicted molar refractivity (Wildman–Crippen MR) is 113 cm³/mol. The summed E-state index contributed by atoms with van der Waals surface area (Å²) >= 11 is 0. The van der Waals surface area contributed by atoms with Crippen LogP contribution in [-0.2, 0) is 9.59 Å². The third-order valence-corrected chi connectivity index (χ3v) is 5.01. The Kier molecular flexibility index (Phi) is 5.87. The zero-order valence-corrected chi connectivity index (χ0v) is 16.9. The van der Waals surface area contributed by atoms with Gasteiger partial charge in [0.25, 0.3) is 11.7 Å². The van der Waals surface area contributed by atoms with Crippen LogP contribution >= 0.6 is 0 Å². The van der Waals surface area contributed by atoms with Gasteiger partial charge in [-0.1, -0.05) is 35.9 Å². The molecule has 150 valence electrons. The van der Waals surface area contributed by atoms with Gasteiger partial charge in [0, 0.05) is 12.1 Å². The Morgan fingerprint density at radius 1 is 1.17 bits per heavy atom. The second-order valence-corrected chi connectivity index (χ2v) is 7.06. The molecule has 1 atom stereocenters. The molecule has 0 spiro atoms. The van der Waals surface area contributed by atoms with Crippen LogP contribution < -0.4 is 4.74 Å². The van der Waals surface area contributed by atoms with Gasteiger partial charge in [0.1, 0.15) is 11.5 Å². The second kappa shape index (κ2) is 8.35. The van der Waals surface area contributed by atoms with Crippen molar-refractivity contribution >= 4 is 17.4 Å². The molecule has 0 aliphatic carbocycles. The number of aliphatic hydroxyl groups excluding tert-OH is 1. The van der Waals surface area contributed by atoms with Crippen molar-refractivity contribution in [3.63, 3.8) is 0 Å². The molecule has 0 aromatic heterocycles. The first-order chi connectivity index (χ1) is 13.9. The molecule has 1 amide bonds. The number of carbonyl (C=O) groups excluding carboxylic acids is 2. The minimum atomic E-state index is -0.693. The molecule has 29 heavy (non-hydrogen) atoms. The number of Topliss-reactive ketones (excluding diaryl/α,β-unsaturated/α-hetero) is 1. The van der Waals surface area contributed by atoms with Crippen molar-refractivity contribution in [2.45, 2.75) is 26.8 Å². The van der Waals surface area contributed by atoms with Gasteiger partial charge >= 0.3 is 0 Å². The summed E-state index contributed by atoms with van der Waals surface area (Å²) in [6, 6.07) is 12.1. The molecular formula is C24H25NO4. The van der Waals surface area contributed by atoms with Gasteiger partial charge in [-0.05, 0) is 50.1 Å². The van der Waals surface area contributed by atoms with E-state index in [0.717, 1.165) is 16.7 Å². The fourth-order valence-electron chi connectivity index (χ4n) is 3.57. The molecule has 0 bridgehead atoms. The number of hydrogen-bond acceptors (Lipinski definition) is 4. The van der Waals surface area contributed by atoms with Crippen LogP contribution in [0.2, 0.25) is 0 Å². The van der Waals surface area contributed by atoms with E-state index in [9.17, 15) is 14.7 Å². The lowest BCUT2D eigenvalue weighted by Crippen LogP contribution is -2.29. The summed E-state index contributed by atoms with van der Waals surface area (Å²) in [6.07, 6.45) is 1.58. The summed E-state index contributed by atoms with van der Waals surface area (Å²) in [6.45, 7) is 10.2. The normalized spacial score (nSPS) is 18.2. The number of ether oxygens (including phenoxy) is 1. The van der Waals surface area contributed by atoms with E-state index < -0.39 is 17.7 Å². The Labute approximate surface area is 170 Å².